The van der Waals surface area contributed by atoms with Gasteiger partial charge in [-0.1, -0.05) is 12.8 Å². The number of aryl methyl sites for hydroxylation is 1. The average molecular weight is 409 g/mol. The Kier molecular flexibility index (Phi) is 6.73. The van der Waals surface area contributed by atoms with E-state index in [2.05, 4.69) is 19.5 Å². The molecule has 0 bridgehead atoms. The van der Waals surface area contributed by atoms with Gasteiger partial charge in [0.15, 0.2) is 17.5 Å². The lowest BCUT2D eigenvalue weighted by Crippen LogP contribution is -2.12. The number of hydrogen-bond acceptors (Lipinski definition) is 7. The highest BCUT2D eigenvalue weighted by atomic mass is 31.2. The number of fused-ring (bicyclic) bond motifs is 1. The number of nitrogens with two attached hydrogens (primary N) is 1. The van der Waals surface area contributed by atoms with Crippen LogP contribution < -0.4 is 11.3 Å². The predicted octanol–water partition coefficient (Wildman–Crippen LogP) is 0.599. The fourth-order valence-corrected chi connectivity index (χ4v) is 4.39. The highest BCUT2D eigenvalue weighted by Crippen LogP contribution is 2.48. The van der Waals surface area contributed by atoms with Crippen LogP contribution in [-0.2, 0) is 20.2 Å². The number of anilines is 1. The summed E-state index contributed by atoms with van der Waals surface area (Å²) in [5.41, 5.74) is 5.73. The third-order valence-electron chi connectivity index (χ3n) is 3.51. The van der Waals surface area contributed by atoms with Gasteiger partial charge in [0, 0.05) is 6.54 Å². The number of aromatic nitrogens is 4. The first-order valence-electron chi connectivity index (χ1n) is 7.79. The molecule has 1 atom stereocenters. The zero-order valence-corrected chi connectivity index (χ0v) is 15.6. The first-order chi connectivity index (χ1) is 12.1. The van der Waals surface area contributed by atoms with Gasteiger partial charge in [-0.2, -0.15) is 4.98 Å². The highest BCUT2D eigenvalue weighted by Gasteiger charge is 2.24. The smallest absolute Gasteiger partial charge is 0.351 e. The summed E-state index contributed by atoms with van der Waals surface area (Å²) >= 11 is 0. The zero-order valence-electron chi connectivity index (χ0n) is 13.8. The average Bonchev–Trinajstić information content (AvgIpc) is 2.91. The van der Waals surface area contributed by atoms with Crippen LogP contribution in [0.2, 0.25) is 0 Å². The molecule has 26 heavy (non-hydrogen) atoms. The van der Waals surface area contributed by atoms with E-state index in [-0.39, 0.29) is 17.6 Å². The van der Waals surface area contributed by atoms with Crippen molar-refractivity contribution >= 4 is 32.3 Å². The number of hydrogen-bond donors (Lipinski definition) is 5. The summed E-state index contributed by atoms with van der Waals surface area (Å²) in [5, 5.41) is 0. The van der Waals surface area contributed by atoms with Gasteiger partial charge in [0.05, 0.1) is 12.5 Å². The second-order valence-corrected chi connectivity index (χ2v) is 9.33. The van der Waals surface area contributed by atoms with Crippen LogP contribution in [0.4, 0.5) is 5.95 Å². The number of unbranched alkanes of at least 4 members (excludes halogenated alkanes) is 3. The van der Waals surface area contributed by atoms with Gasteiger partial charge in [0.25, 0.3) is 5.56 Å². The Balaban J connectivity index is 1.74. The molecule has 0 aliphatic heterocycles. The normalized spacial score (nSPS) is 14.6. The van der Waals surface area contributed by atoms with Crippen molar-refractivity contribution in [3.8, 4) is 0 Å². The van der Waals surface area contributed by atoms with Crippen LogP contribution in [0.15, 0.2) is 11.1 Å². The Hall–Kier alpha value is -1.55. The van der Waals surface area contributed by atoms with E-state index in [1.165, 1.54) is 6.33 Å². The van der Waals surface area contributed by atoms with Gasteiger partial charge in [-0.3, -0.25) is 23.4 Å². The van der Waals surface area contributed by atoms with Crippen LogP contribution in [0.1, 0.15) is 25.7 Å². The van der Waals surface area contributed by atoms with Crippen LogP contribution >= 0.6 is 15.2 Å². The molecule has 2 aromatic rings. The van der Waals surface area contributed by atoms with E-state index in [0.29, 0.717) is 25.0 Å². The molecule has 12 nitrogen and oxygen atoms in total. The molecule has 2 heterocycles. The minimum Gasteiger partial charge on any atom is -0.369 e. The Bertz CT molecular complexity index is 905. The first kappa shape index (κ1) is 20.8. The fourth-order valence-electron chi connectivity index (χ4n) is 2.31. The second-order valence-electron chi connectivity index (χ2n) is 5.76. The van der Waals surface area contributed by atoms with Gasteiger partial charge in [-0.15, -0.1) is 0 Å². The first-order valence-corrected chi connectivity index (χ1v) is 11.3. The van der Waals surface area contributed by atoms with Crippen LogP contribution in [0.25, 0.3) is 11.2 Å². The maximum Gasteiger partial charge on any atom is 0.351 e. The Morgan fingerprint density at radius 3 is 2.58 bits per heavy atom. The molecule has 0 spiro atoms. The van der Waals surface area contributed by atoms with Gasteiger partial charge >= 0.3 is 15.2 Å². The second kappa shape index (κ2) is 8.43. The standard InChI is InChI=1S/C12H21N5O7P2/c13-12-15-10-9(11(18)16-12)14-7-17(10)5-3-1-2-4-6-26(22,23)24-8-25(19,20)21/h7H,1-6,8H2,(H,22,23)(H2,19,20,21)(H3,13,15,16,18). The van der Waals surface area contributed by atoms with Gasteiger partial charge in [0.2, 0.25) is 5.95 Å². The molecule has 146 valence electrons. The Morgan fingerprint density at radius 1 is 1.19 bits per heavy atom. The van der Waals surface area contributed by atoms with Crippen molar-refractivity contribution in [3.63, 3.8) is 0 Å². The molecule has 6 N–H and O–H groups in total. The Labute approximate surface area is 148 Å². The lowest BCUT2D eigenvalue weighted by Gasteiger charge is -2.12. The van der Waals surface area contributed by atoms with Crippen LogP contribution in [-0.4, -0.2) is 46.7 Å². The third kappa shape index (κ3) is 6.31. The number of rotatable bonds is 10. The largest absolute Gasteiger partial charge is 0.369 e. The van der Waals surface area contributed by atoms with Crippen LogP contribution in [0.3, 0.4) is 0 Å². The molecular formula is C12H21N5O7P2. The summed E-state index contributed by atoms with van der Waals surface area (Å²) in [5.74, 6) is 0.0123. The van der Waals surface area contributed by atoms with E-state index in [9.17, 15) is 18.8 Å². The molecule has 0 radical (unpaired) electrons. The lowest BCUT2D eigenvalue weighted by atomic mass is 10.2. The molecule has 0 amide bonds. The summed E-state index contributed by atoms with van der Waals surface area (Å²) in [4.78, 5) is 48.8. The van der Waals surface area contributed by atoms with Crippen molar-refractivity contribution in [2.24, 2.45) is 0 Å². The van der Waals surface area contributed by atoms with Crippen LogP contribution in [0, 0.1) is 0 Å². The van der Waals surface area contributed by atoms with E-state index in [1.807, 2.05) is 0 Å². The molecule has 0 saturated carbocycles. The van der Waals surface area contributed by atoms with E-state index in [1.54, 1.807) is 4.57 Å². The maximum absolute atomic E-state index is 11.7. The monoisotopic (exact) mass is 409 g/mol. The summed E-state index contributed by atoms with van der Waals surface area (Å²) in [6.07, 6.45) is 2.73. The molecule has 0 saturated heterocycles. The molecule has 0 aliphatic rings. The lowest BCUT2D eigenvalue weighted by molar-refractivity contribution is 0.262. The zero-order chi connectivity index (χ0) is 19.4. The molecular weight excluding hydrogens is 388 g/mol. The van der Waals surface area contributed by atoms with E-state index in [0.717, 1.165) is 12.8 Å². The van der Waals surface area contributed by atoms with Gasteiger partial charge < -0.3 is 25.0 Å². The minimum atomic E-state index is -4.47. The quantitative estimate of drug-likeness (QED) is 0.274. The third-order valence-corrected chi connectivity index (χ3v) is 5.59. The highest BCUT2D eigenvalue weighted by molar-refractivity contribution is 7.55. The number of H-pyrrole nitrogens is 1. The van der Waals surface area contributed by atoms with Crippen LogP contribution in [0.5, 0.6) is 0 Å². The van der Waals surface area contributed by atoms with Gasteiger partial charge in [-0.25, -0.2) is 4.98 Å². The van der Waals surface area contributed by atoms with Crippen molar-refractivity contribution in [2.75, 3.05) is 18.2 Å². The molecule has 0 aromatic carbocycles. The van der Waals surface area contributed by atoms with Gasteiger partial charge in [0.1, 0.15) is 0 Å². The number of aromatic amines is 1. The van der Waals surface area contributed by atoms with Crippen molar-refractivity contribution in [1.29, 1.82) is 0 Å². The van der Waals surface area contributed by atoms with Crippen molar-refractivity contribution < 1.29 is 28.3 Å². The van der Waals surface area contributed by atoms with Crippen molar-refractivity contribution in [2.45, 2.75) is 32.2 Å². The van der Waals surface area contributed by atoms with E-state index >= 15 is 0 Å². The molecule has 14 heteroatoms. The molecule has 2 aromatic heterocycles. The van der Waals surface area contributed by atoms with E-state index in [4.69, 9.17) is 15.5 Å². The number of imidazole rings is 1. The summed E-state index contributed by atoms with van der Waals surface area (Å²) < 4.78 is 28.4. The van der Waals surface area contributed by atoms with Gasteiger partial charge in [-0.05, 0) is 12.8 Å². The molecule has 0 fully saturated rings. The minimum absolute atomic E-state index is 0.0123. The Morgan fingerprint density at radius 2 is 1.88 bits per heavy atom. The number of nitrogens with zero attached hydrogens (tertiary/aromatic N) is 3. The molecule has 1 unspecified atom stereocenters. The van der Waals surface area contributed by atoms with E-state index < -0.39 is 27.1 Å². The number of nitrogens with one attached hydrogen (secondary N) is 1. The number of nitrogen functional groups attached to an aromatic ring is 1. The SMILES string of the molecule is Nc1nc2c(ncn2CCCCCCP(=O)(O)OCP(=O)(O)O)c(=O)[nH]1. The summed E-state index contributed by atoms with van der Waals surface area (Å²) in [6, 6.07) is 0. The summed E-state index contributed by atoms with van der Waals surface area (Å²) in [6.45, 7) is 0.553. The van der Waals surface area contributed by atoms with Crippen molar-refractivity contribution in [3.05, 3.63) is 16.7 Å². The van der Waals surface area contributed by atoms with Crippen molar-refractivity contribution in [1.82, 2.24) is 19.5 Å². The summed E-state index contributed by atoms with van der Waals surface area (Å²) in [7, 11) is -8.47. The maximum atomic E-state index is 11.7. The fraction of sp³-hybridized carbons (Fsp3) is 0.583. The molecule has 0 aliphatic carbocycles. The molecule has 2 rings (SSSR count). The predicted molar refractivity (Wildman–Crippen MR) is 93.7 cm³/mol. The topological polar surface area (TPSA) is 194 Å².